The van der Waals surface area contributed by atoms with E-state index in [4.69, 9.17) is 5.73 Å². The molecule has 2 aromatic heterocycles. The van der Waals surface area contributed by atoms with Gasteiger partial charge in [-0.25, -0.2) is 13.8 Å². The van der Waals surface area contributed by atoms with Crippen LogP contribution in [0.15, 0.2) is 30.6 Å². The molecule has 0 unspecified atom stereocenters. The number of imidazole rings is 1. The average molecular weight is 260 g/mol. The summed E-state index contributed by atoms with van der Waals surface area (Å²) >= 11 is 0. The van der Waals surface area contributed by atoms with Crippen molar-refractivity contribution in [3.05, 3.63) is 42.2 Å². The number of fused-ring (bicyclic) bond motifs is 1. The molecule has 0 aliphatic heterocycles. The lowest BCUT2D eigenvalue weighted by Crippen LogP contribution is -1.99. The van der Waals surface area contributed by atoms with Gasteiger partial charge in [0.1, 0.15) is 17.5 Å². The molecular formula is C13H10F2N4. The number of halogens is 2. The maximum Gasteiger partial charge on any atom is 0.149 e. The Labute approximate surface area is 107 Å². The summed E-state index contributed by atoms with van der Waals surface area (Å²) in [6, 6.07) is 3.74. The maximum atomic E-state index is 13.9. The molecule has 0 spiro atoms. The number of rotatable bonds is 1. The van der Waals surface area contributed by atoms with Crippen LogP contribution in [-0.4, -0.2) is 14.5 Å². The minimum atomic E-state index is -0.776. The van der Waals surface area contributed by atoms with E-state index >= 15 is 0 Å². The van der Waals surface area contributed by atoms with Crippen molar-refractivity contribution < 1.29 is 8.78 Å². The summed E-state index contributed by atoms with van der Waals surface area (Å²) in [7, 11) is 1.74. The van der Waals surface area contributed by atoms with Gasteiger partial charge in [0, 0.05) is 19.3 Å². The Morgan fingerprint density at radius 1 is 1.21 bits per heavy atom. The monoisotopic (exact) mass is 260 g/mol. The number of hydrogen-bond acceptors (Lipinski definition) is 3. The quantitative estimate of drug-likeness (QED) is 0.684. The van der Waals surface area contributed by atoms with Gasteiger partial charge in [-0.05, 0) is 12.1 Å². The largest absolute Gasteiger partial charge is 0.396 e. The lowest BCUT2D eigenvalue weighted by Gasteiger charge is -2.05. The average Bonchev–Trinajstić information content (AvgIpc) is 2.72. The fraction of sp³-hybridized carbons (Fsp3) is 0.0769. The van der Waals surface area contributed by atoms with Crippen molar-refractivity contribution in [1.29, 1.82) is 0 Å². The van der Waals surface area contributed by atoms with E-state index in [0.717, 1.165) is 11.6 Å². The van der Waals surface area contributed by atoms with Crippen molar-refractivity contribution in [2.24, 2.45) is 7.05 Å². The molecule has 19 heavy (non-hydrogen) atoms. The van der Waals surface area contributed by atoms with Gasteiger partial charge < -0.3 is 10.3 Å². The van der Waals surface area contributed by atoms with Crippen LogP contribution in [0.3, 0.4) is 0 Å². The van der Waals surface area contributed by atoms with Crippen LogP contribution in [0.4, 0.5) is 14.5 Å². The van der Waals surface area contributed by atoms with Crippen molar-refractivity contribution in [2.75, 3.05) is 5.73 Å². The highest BCUT2D eigenvalue weighted by molar-refractivity contribution is 5.80. The first-order valence-corrected chi connectivity index (χ1v) is 5.59. The normalized spacial score (nSPS) is 11.1. The zero-order chi connectivity index (χ0) is 13.6. The summed E-state index contributed by atoms with van der Waals surface area (Å²) in [5.74, 6) is -1.09. The number of pyridine rings is 1. The van der Waals surface area contributed by atoms with E-state index in [1.807, 2.05) is 0 Å². The highest BCUT2D eigenvalue weighted by Gasteiger charge is 2.16. The van der Waals surface area contributed by atoms with Gasteiger partial charge in [0.05, 0.1) is 28.5 Å². The Morgan fingerprint density at radius 3 is 2.74 bits per heavy atom. The fourth-order valence-corrected chi connectivity index (χ4v) is 2.01. The van der Waals surface area contributed by atoms with Gasteiger partial charge in [-0.15, -0.1) is 0 Å². The lowest BCUT2D eigenvalue weighted by molar-refractivity contribution is 0.587. The van der Waals surface area contributed by atoms with Crippen LogP contribution in [-0.2, 0) is 7.05 Å². The molecule has 0 saturated heterocycles. The van der Waals surface area contributed by atoms with Gasteiger partial charge in [0.2, 0.25) is 0 Å². The van der Waals surface area contributed by atoms with E-state index in [1.54, 1.807) is 30.1 Å². The maximum absolute atomic E-state index is 13.9. The van der Waals surface area contributed by atoms with Crippen LogP contribution >= 0.6 is 0 Å². The van der Waals surface area contributed by atoms with Crippen LogP contribution in [0, 0.1) is 11.6 Å². The molecule has 2 N–H and O–H groups in total. The van der Waals surface area contributed by atoms with Crippen LogP contribution < -0.4 is 5.73 Å². The topological polar surface area (TPSA) is 56.7 Å². The summed E-state index contributed by atoms with van der Waals surface area (Å²) in [6.07, 6.45) is 3.24. The molecule has 1 aromatic carbocycles. The minimum absolute atomic E-state index is 0.110. The Bertz CT molecular complexity index is 780. The second kappa shape index (κ2) is 4.01. The molecule has 96 valence electrons. The van der Waals surface area contributed by atoms with Crippen LogP contribution in [0.2, 0.25) is 0 Å². The number of nitrogen functional groups attached to an aromatic ring is 1. The molecule has 3 rings (SSSR count). The van der Waals surface area contributed by atoms with E-state index in [0.29, 0.717) is 11.3 Å². The predicted octanol–water partition coefficient (Wildman–Crippen LogP) is 2.50. The van der Waals surface area contributed by atoms with Gasteiger partial charge in [0.15, 0.2) is 0 Å². The van der Waals surface area contributed by atoms with Gasteiger partial charge in [-0.3, -0.25) is 4.98 Å². The third-order valence-electron chi connectivity index (χ3n) is 3.01. The first kappa shape index (κ1) is 11.6. The first-order valence-electron chi connectivity index (χ1n) is 5.59. The first-order chi connectivity index (χ1) is 9.08. The molecule has 0 radical (unpaired) electrons. The standard InChI is InChI=1S/C13H10F2N4/c1-19-12-6-17-3-2-11(12)18-13(19)7-4-10(16)9(15)5-8(7)14/h2-6H,16H2,1H3. The number of nitrogens with two attached hydrogens (primary N) is 1. The second-order valence-corrected chi connectivity index (χ2v) is 4.21. The number of anilines is 1. The van der Waals surface area contributed by atoms with Gasteiger partial charge in [-0.2, -0.15) is 0 Å². The second-order valence-electron chi connectivity index (χ2n) is 4.21. The van der Waals surface area contributed by atoms with E-state index < -0.39 is 11.6 Å². The Hall–Kier alpha value is -2.50. The molecule has 0 aliphatic rings. The molecule has 4 nitrogen and oxygen atoms in total. The smallest absolute Gasteiger partial charge is 0.149 e. The number of nitrogens with zero attached hydrogens (tertiary/aromatic N) is 3. The Kier molecular flexibility index (Phi) is 2.45. The highest BCUT2D eigenvalue weighted by Crippen LogP contribution is 2.28. The van der Waals surface area contributed by atoms with Crippen molar-refractivity contribution in [1.82, 2.24) is 14.5 Å². The minimum Gasteiger partial charge on any atom is -0.396 e. The fourth-order valence-electron chi connectivity index (χ4n) is 2.01. The van der Waals surface area contributed by atoms with Crippen molar-refractivity contribution in [3.63, 3.8) is 0 Å². The molecule has 0 fully saturated rings. The summed E-state index contributed by atoms with van der Waals surface area (Å²) in [5.41, 5.74) is 6.99. The number of hydrogen-bond donors (Lipinski definition) is 1. The van der Waals surface area contributed by atoms with Crippen molar-refractivity contribution >= 4 is 16.7 Å². The highest BCUT2D eigenvalue weighted by atomic mass is 19.1. The van der Waals surface area contributed by atoms with Crippen molar-refractivity contribution in [3.8, 4) is 11.4 Å². The molecule has 0 saturated carbocycles. The SMILES string of the molecule is Cn1c(-c2cc(N)c(F)cc2F)nc2ccncc21. The molecule has 0 aliphatic carbocycles. The number of benzene rings is 1. The van der Waals surface area contributed by atoms with Crippen LogP contribution in [0.1, 0.15) is 0 Å². The molecule has 0 bridgehead atoms. The summed E-state index contributed by atoms with van der Waals surface area (Å²) in [6.45, 7) is 0. The van der Waals surface area contributed by atoms with Crippen molar-refractivity contribution in [2.45, 2.75) is 0 Å². The van der Waals surface area contributed by atoms with E-state index in [1.165, 1.54) is 6.07 Å². The molecule has 3 aromatic rings. The summed E-state index contributed by atoms with van der Waals surface area (Å²) in [5, 5.41) is 0. The van der Waals surface area contributed by atoms with Crippen LogP contribution in [0.25, 0.3) is 22.4 Å². The van der Waals surface area contributed by atoms with E-state index in [-0.39, 0.29) is 11.3 Å². The molecule has 6 heteroatoms. The van der Waals surface area contributed by atoms with Gasteiger partial charge >= 0.3 is 0 Å². The third kappa shape index (κ3) is 1.72. The van der Waals surface area contributed by atoms with Crippen LogP contribution in [0.5, 0.6) is 0 Å². The molecule has 0 amide bonds. The zero-order valence-corrected chi connectivity index (χ0v) is 10.1. The number of aryl methyl sites for hydroxylation is 1. The molecule has 2 heterocycles. The van der Waals surface area contributed by atoms with E-state index in [9.17, 15) is 8.78 Å². The lowest BCUT2D eigenvalue weighted by atomic mass is 10.1. The number of aromatic nitrogens is 3. The predicted molar refractivity (Wildman–Crippen MR) is 68.3 cm³/mol. The Balaban J connectivity index is 2.30. The van der Waals surface area contributed by atoms with Gasteiger partial charge in [0.25, 0.3) is 0 Å². The third-order valence-corrected chi connectivity index (χ3v) is 3.01. The molecular weight excluding hydrogens is 250 g/mol. The molecule has 0 atom stereocenters. The summed E-state index contributed by atoms with van der Waals surface area (Å²) < 4.78 is 28.7. The summed E-state index contributed by atoms with van der Waals surface area (Å²) in [4.78, 5) is 8.31. The van der Waals surface area contributed by atoms with Gasteiger partial charge in [-0.1, -0.05) is 0 Å². The zero-order valence-electron chi connectivity index (χ0n) is 10.1. The van der Waals surface area contributed by atoms with E-state index in [2.05, 4.69) is 9.97 Å². The Morgan fingerprint density at radius 2 is 2.00 bits per heavy atom.